The predicted molar refractivity (Wildman–Crippen MR) is 101 cm³/mol. The zero-order valence-electron chi connectivity index (χ0n) is 14.7. The minimum atomic E-state index is -4.76. The first kappa shape index (κ1) is 19.9. The molecule has 1 aromatic heterocycles. The van der Waals surface area contributed by atoms with E-state index in [1.807, 2.05) is 6.92 Å². The zero-order valence-corrected chi connectivity index (χ0v) is 15.6. The van der Waals surface area contributed by atoms with E-state index in [0.29, 0.717) is 17.3 Å². The van der Waals surface area contributed by atoms with Crippen molar-refractivity contribution in [3.63, 3.8) is 0 Å². The number of aryl methyl sites for hydroxylation is 1. The van der Waals surface area contributed by atoms with Crippen LogP contribution in [0.1, 0.15) is 21.6 Å². The number of rotatable bonds is 5. The van der Waals surface area contributed by atoms with E-state index < -0.39 is 17.4 Å². The standard InChI is InChI=1S/C20H15F3N2O2S/c1-13-7-9-14(10-8-13)16(26)12-28-19-24-17(20(21,22)23)11-18(27)25(19)15-5-3-2-4-6-15/h2-11H,12H2,1H3. The Morgan fingerprint density at radius 2 is 1.71 bits per heavy atom. The Balaban J connectivity index is 1.97. The molecule has 2 aromatic carbocycles. The van der Waals surface area contributed by atoms with Gasteiger partial charge in [-0.15, -0.1) is 0 Å². The summed E-state index contributed by atoms with van der Waals surface area (Å²) in [6.07, 6.45) is -4.76. The van der Waals surface area contributed by atoms with Gasteiger partial charge in [0, 0.05) is 11.6 Å². The average Bonchev–Trinajstić information content (AvgIpc) is 2.66. The summed E-state index contributed by atoms with van der Waals surface area (Å²) in [5, 5.41) is -0.188. The van der Waals surface area contributed by atoms with E-state index in [0.717, 1.165) is 21.9 Å². The largest absolute Gasteiger partial charge is 0.433 e. The molecule has 3 aromatic rings. The van der Waals surface area contributed by atoms with Gasteiger partial charge >= 0.3 is 6.18 Å². The van der Waals surface area contributed by atoms with E-state index in [2.05, 4.69) is 4.98 Å². The Kier molecular flexibility index (Phi) is 5.69. The van der Waals surface area contributed by atoms with Crippen LogP contribution in [0.2, 0.25) is 0 Å². The fourth-order valence-electron chi connectivity index (χ4n) is 2.47. The van der Waals surface area contributed by atoms with Crippen molar-refractivity contribution in [3.8, 4) is 5.69 Å². The number of hydrogen-bond donors (Lipinski definition) is 0. The second-order valence-corrected chi connectivity index (χ2v) is 6.95. The molecule has 0 spiro atoms. The molecule has 0 atom stereocenters. The molecule has 4 nitrogen and oxygen atoms in total. The summed E-state index contributed by atoms with van der Waals surface area (Å²) < 4.78 is 40.4. The lowest BCUT2D eigenvalue weighted by atomic mass is 10.1. The summed E-state index contributed by atoms with van der Waals surface area (Å²) >= 11 is 0.796. The van der Waals surface area contributed by atoms with Gasteiger partial charge in [-0.3, -0.25) is 14.2 Å². The molecule has 8 heteroatoms. The number of para-hydroxylation sites is 1. The number of nitrogens with zero attached hydrogens (tertiary/aromatic N) is 2. The number of carbonyl (C=O) groups excluding carboxylic acids is 1. The second kappa shape index (κ2) is 8.02. The molecule has 0 unspecified atom stereocenters. The number of carbonyl (C=O) groups is 1. The van der Waals surface area contributed by atoms with Gasteiger partial charge in [0.15, 0.2) is 16.6 Å². The fourth-order valence-corrected chi connectivity index (χ4v) is 3.39. The third-order valence-corrected chi connectivity index (χ3v) is 4.84. The van der Waals surface area contributed by atoms with E-state index in [1.54, 1.807) is 54.6 Å². The van der Waals surface area contributed by atoms with Gasteiger partial charge in [0.1, 0.15) is 0 Å². The van der Waals surface area contributed by atoms with Crippen LogP contribution >= 0.6 is 11.8 Å². The molecule has 1 heterocycles. The first-order valence-electron chi connectivity index (χ1n) is 8.25. The van der Waals surface area contributed by atoms with Gasteiger partial charge in [0.25, 0.3) is 5.56 Å². The lowest BCUT2D eigenvalue weighted by Crippen LogP contribution is -2.25. The lowest BCUT2D eigenvalue weighted by molar-refractivity contribution is -0.141. The summed E-state index contributed by atoms with van der Waals surface area (Å²) in [5.41, 5.74) is -0.340. The maximum atomic E-state index is 13.1. The molecule has 0 bridgehead atoms. The van der Waals surface area contributed by atoms with Gasteiger partial charge in [-0.25, -0.2) is 4.98 Å². The average molecular weight is 404 g/mol. The predicted octanol–water partition coefficient (Wildman–Crippen LogP) is 4.53. The Hall–Kier alpha value is -2.87. The van der Waals surface area contributed by atoms with Crippen molar-refractivity contribution < 1.29 is 18.0 Å². The highest BCUT2D eigenvalue weighted by molar-refractivity contribution is 7.99. The number of thioether (sulfide) groups is 1. The van der Waals surface area contributed by atoms with Crippen molar-refractivity contribution in [2.24, 2.45) is 0 Å². The van der Waals surface area contributed by atoms with Gasteiger partial charge in [-0.05, 0) is 19.1 Å². The van der Waals surface area contributed by atoms with E-state index in [1.165, 1.54) is 0 Å². The Morgan fingerprint density at radius 1 is 1.07 bits per heavy atom. The molecule has 0 aliphatic carbocycles. The van der Waals surface area contributed by atoms with Crippen LogP contribution in [0.5, 0.6) is 0 Å². The van der Waals surface area contributed by atoms with Crippen LogP contribution in [-0.2, 0) is 6.18 Å². The highest BCUT2D eigenvalue weighted by Gasteiger charge is 2.34. The molecule has 3 rings (SSSR count). The van der Waals surface area contributed by atoms with E-state index in [-0.39, 0.29) is 16.7 Å². The Labute approximate surface area is 163 Å². The third kappa shape index (κ3) is 4.51. The summed E-state index contributed by atoms with van der Waals surface area (Å²) in [5.74, 6) is -0.417. The van der Waals surface area contributed by atoms with Crippen LogP contribution in [0.25, 0.3) is 5.69 Å². The minimum absolute atomic E-state index is 0.149. The monoisotopic (exact) mass is 404 g/mol. The number of aromatic nitrogens is 2. The van der Waals surface area contributed by atoms with Gasteiger partial charge in [0.05, 0.1) is 11.4 Å². The Bertz CT molecular complexity index is 1050. The SMILES string of the molecule is Cc1ccc(C(=O)CSc2nc(C(F)(F)F)cc(=O)n2-c2ccccc2)cc1. The van der Waals surface area contributed by atoms with Crippen molar-refractivity contribution in [2.45, 2.75) is 18.3 Å². The quantitative estimate of drug-likeness (QED) is 0.356. The van der Waals surface area contributed by atoms with Gasteiger partial charge in [-0.2, -0.15) is 13.2 Å². The van der Waals surface area contributed by atoms with E-state index >= 15 is 0 Å². The molecule has 0 fully saturated rings. The highest BCUT2D eigenvalue weighted by atomic mass is 32.2. The number of hydrogen-bond acceptors (Lipinski definition) is 4. The fraction of sp³-hybridized carbons (Fsp3) is 0.150. The Morgan fingerprint density at radius 3 is 2.32 bits per heavy atom. The molecule has 0 N–H and O–H groups in total. The number of benzene rings is 2. The molecule has 0 radical (unpaired) electrons. The number of Topliss-reactive ketones (excluding diaryl/α,β-unsaturated/α-hetero) is 1. The zero-order chi connectivity index (χ0) is 20.3. The van der Waals surface area contributed by atoms with Crippen LogP contribution in [0.4, 0.5) is 13.2 Å². The van der Waals surface area contributed by atoms with Crippen molar-refractivity contribution in [1.82, 2.24) is 9.55 Å². The summed E-state index contributed by atoms with van der Waals surface area (Å²) in [6, 6.07) is 15.5. The molecule has 144 valence electrons. The van der Waals surface area contributed by atoms with Crippen molar-refractivity contribution in [1.29, 1.82) is 0 Å². The van der Waals surface area contributed by atoms with Crippen LogP contribution < -0.4 is 5.56 Å². The molecule has 0 amide bonds. The molecule has 0 saturated heterocycles. The maximum absolute atomic E-state index is 13.1. The normalized spacial score (nSPS) is 11.4. The molecular formula is C20H15F3N2O2S. The summed E-state index contributed by atoms with van der Waals surface area (Å²) in [6.45, 7) is 1.88. The van der Waals surface area contributed by atoms with Crippen molar-refractivity contribution in [3.05, 3.63) is 87.8 Å². The smallest absolute Gasteiger partial charge is 0.293 e. The molecule has 0 aliphatic heterocycles. The van der Waals surface area contributed by atoms with Crippen LogP contribution in [-0.4, -0.2) is 21.1 Å². The second-order valence-electron chi connectivity index (χ2n) is 6.01. The maximum Gasteiger partial charge on any atom is 0.433 e. The molecule has 0 saturated carbocycles. The van der Waals surface area contributed by atoms with Gasteiger partial charge in [-0.1, -0.05) is 59.8 Å². The number of halogens is 3. The molecule has 0 aliphatic rings. The van der Waals surface area contributed by atoms with Crippen molar-refractivity contribution >= 4 is 17.5 Å². The van der Waals surface area contributed by atoms with E-state index in [9.17, 15) is 22.8 Å². The minimum Gasteiger partial charge on any atom is -0.293 e. The summed E-state index contributed by atoms with van der Waals surface area (Å²) in [4.78, 5) is 28.4. The van der Waals surface area contributed by atoms with Gasteiger partial charge in [0.2, 0.25) is 0 Å². The topological polar surface area (TPSA) is 52.0 Å². The highest BCUT2D eigenvalue weighted by Crippen LogP contribution is 2.29. The van der Waals surface area contributed by atoms with Gasteiger partial charge < -0.3 is 0 Å². The van der Waals surface area contributed by atoms with Crippen LogP contribution in [0.3, 0.4) is 0 Å². The van der Waals surface area contributed by atoms with E-state index in [4.69, 9.17) is 0 Å². The van der Waals surface area contributed by atoms with Crippen LogP contribution in [0.15, 0.2) is 70.6 Å². The third-order valence-electron chi connectivity index (χ3n) is 3.90. The van der Waals surface area contributed by atoms with Crippen molar-refractivity contribution in [2.75, 3.05) is 5.75 Å². The number of ketones is 1. The van der Waals surface area contributed by atoms with Crippen LogP contribution in [0, 0.1) is 6.92 Å². The molecule has 28 heavy (non-hydrogen) atoms. The first-order chi connectivity index (χ1) is 13.3. The molecular weight excluding hydrogens is 389 g/mol. The lowest BCUT2D eigenvalue weighted by Gasteiger charge is -2.14. The number of alkyl halides is 3. The summed E-state index contributed by atoms with van der Waals surface area (Å²) in [7, 11) is 0. The first-order valence-corrected chi connectivity index (χ1v) is 9.23.